The van der Waals surface area contributed by atoms with Crippen LogP contribution in [0.1, 0.15) is 41.2 Å². The molecule has 0 saturated heterocycles. The van der Waals surface area contributed by atoms with E-state index in [-0.39, 0.29) is 33.7 Å². The molecule has 0 aliphatic carbocycles. The highest BCUT2D eigenvalue weighted by molar-refractivity contribution is 7.99. The monoisotopic (exact) mass is 485 g/mol. The molecule has 0 bridgehead atoms. The second kappa shape index (κ2) is 9.35. The van der Waals surface area contributed by atoms with E-state index in [0.717, 1.165) is 29.0 Å². The highest BCUT2D eigenvalue weighted by atomic mass is 35.5. The van der Waals surface area contributed by atoms with Crippen LogP contribution in [0.25, 0.3) is 5.57 Å². The van der Waals surface area contributed by atoms with Gasteiger partial charge in [0, 0.05) is 24.3 Å². The number of aromatic nitrogens is 1. The molecule has 0 saturated carbocycles. The molecule has 1 aliphatic rings. The number of rotatable bonds is 5. The van der Waals surface area contributed by atoms with Crippen LogP contribution in [0.3, 0.4) is 0 Å². The molecule has 4 nitrogen and oxygen atoms in total. The van der Waals surface area contributed by atoms with Gasteiger partial charge in [-0.1, -0.05) is 36.2 Å². The van der Waals surface area contributed by atoms with Crippen LogP contribution in [0.15, 0.2) is 35.2 Å². The SMILES string of the molecule is Cc1cc(C)c(C2=C(O)CC(C(C)CSc3ncc(C(F)(F)F)cc3Cl)OC2=O)c(C)c1. The number of nitrogens with zero attached hydrogens (tertiary/aromatic N) is 1. The predicted octanol–water partition coefficient (Wildman–Crippen LogP) is 6.69. The summed E-state index contributed by atoms with van der Waals surface area (Å²) in [5.74, 6) is -0.422. The van der Waals surface area contributed by atoms with Crippen molar-refractivity contribution in [2.24, 2.45) is 5.92 Å². The van der Waals surface area contributed by atoms with E-state index in [4.69, 9.17) is 16.3 Å². The molecule has 32 heavy (non-hydrogen) atoms. The molecule has 2 atom stereocenters. The van der Waals surface area contributed by atoms with Crippen molar-refractivity contribution in [3.8, 4) is 0 Å². The van der Waals surface area contributed by atoms with Gasteiger partial charge >= 0.3 is 12.1 Å². The molecule has 0 fully saturated rings. The van der Waals surface area contributed by atoms with Crippen LogP contribution < -0.4 is 0 Å². The molecule has 2 heterocycles. The Morgan fingerprint density at radius 2 is 1.88 bits per heavy atom. The van der Waals surface area contributed by atoms with Crippen LogP contribution in [0.2, 0.25) is 5.02 Å². The molecule has 0 spiro atoms. The number of hydrogen-bond donors (Lipinski definition) is 1. The van der Waals surface area contributed by atoms with Gasteiger partial charge in [0.1, 0.15) is 22.5 Å². The smallest absolute Gasteiger partial charge is 0.417 e. The number of ether oxygens (including phenoxy) is 1. The fourth-order valence-corrected chi connectivity index (χ4v) is 5.08. The Morgan fingerprint density at radius 3 is 2.41 bits per heavy atom. The Hall–Kier alpha value is -2.19. The maximum absolute atomic E-state index is 12.8. The van der Waals surface area contributed by atoms with Gasteiger partial charge in [0.15, 0.2) is 0 Å². The first-order valence-corrected chi connectivity index (χ1v) is 11.3. The van der Waals surface area contributed by atoms with Gasteiger partial charge in [0.25, 0.3) is 0 Å². The zero-order valence-electron chi connectivity index (χ0n) is 18.0. The van der Waals surface area contributed by atoms with Crippen molar-refractivity contribution >= 4 is 34.9 Å². The van der Waals surface area contributed by atoms with E-state index < -0.39 is 23.8 Å². The average Bonchev–Trinajstić information content (AvgIpc) is 2.67. The summed E-state index contributed by atoms with van der Waals surface area (Å²) in [4.78, 5) is 16.6. The zero-order valence-corrected chi connectivity index (χ0v) is 19.6. The van der Waals surface area contributed by atoms with Crippen molar-refractivity contribution in [2.45, 2.75) is 51.4 Å². The molecule has 2 aromatic rings. The maximum Gasteiger partial charge on any atom is 0.417 e. The number of thioether (sulfide) groups is 1. The van der Waals surface area contributed by atoms with Gasteiger partial charge in [-0.2, -0.15) is 13.2 Å². The third-order valence-electron chi connectivity index (χ3n) is 5.33. The molecule has 172 valence electrons. The van der Waals surface area contributed by atoms with Crippen molar-refractivity contribution in [3.63, 3.8) is 0 Å². The first kappa shape index (κ1) is 24.5. The number of aliphatic hydroxyl groups excluding tert-OH is 1. The first-order valence-electron chi connectivity index (χ1n) is 9.95. The van der Waals surface area contributed by atoms with E-state index in [0.29, 0.717) is 11.3 Å². The summed E-state index contributed by atoms with van der Waals surface area (Å²) in [6, 6.07) is 4.74. The van der Waals surface area contributed by atoms with Gasteiger partial charge < -0.3 is 9.84 Å². The molecule has 2 unspecified atom stereocenters. The lowest BCUT2D eigenvalue weighted by molar-refractivity contribution is -0.145. The number of carbonyl (C=O) groups is 1. The number of benzene rings is 1. The number of alkyl halides is 3. The highest BCUT2D eigenvalue weighted by Crippen LogP contribution is 2.37. The van der Waals surface area contributed by atoms with Crippen molar-refractivity contribution in [1.82, 2.24) is 4.98 Å². The van der Waals surface area contributed by atoms with Gasteiger partial charge in [-0.05, 0) is 43.5 Å². The third kappa shape index (κ3) is 5.23. The number of aryl methyl sites for hydroxylation is 3. The Labute approximate surface area is 193 Å². The molecular formula is C23H23ClF3NO3S. The van der Waals surface area contributed by atoms with Crippen LogP contribution in [-0.2, 0) is 15.7 Å². The summed E-state index contributed by atoms with van der Waals surface area (Å²) in [5.41, 5.74) is 2.78. The summed E-state index contributed by atoms with van der Waals surface area (Å²) >= 11 is 7.14. The largest absolute Gasteiger partial charge is 0.511 e. The Kier molecular flexibility index (Phi) is 7.15. The molecule has 0 amide bonds. The van der Waals surface area contributed by atoms with E-state index in [1.807, 2.05) is 39.8 Å². The highest BCUT2D eigenvalue weighted by Gasteiger charge is 2.35. The Bertz CT molecular complexity index is 1060. The van der Waals surface area contributed by atoms with Crippen LogP contribution >= 0.6 is 23.4 Å². The summed E-state index contributed by atoms with van der Waals surface area (Å²) in [6.07, 6.45) is -4.19. The summed E-state index contributed by atoms with van der Waals surface area (Å²) in [5, 5.41) is 10.9. The van der Waals surface area contributed by atoms with E-state index >= 15 is 0 Å². The van der Waals surface area contributed by atoms with Crippen LogP contribution in [0, 0.1) is 26.7 Å². The number of aliphatic hydroxyl groups is 1. The quantitative estimate of drug-likeness (QED) is 0.377. The Morgan fingerprint density at radius 1 is 1.25 bits per heavy atom. The second-order valence-corrected chi connectivity index (χ2v) is 9.46. The zero-order chi connectivity index (χ0) is 23.8. The van der Waals surface area contributed by atoms with Gasteiger partial charge in [-0.25, -0.2) is 9.78 Å². The standard InChI is InChI=1S/C23H23ClF3NO3S/c1-11-5-12(2)19(13(3)6-11)20-17(29)8-18(31-22(20)30)14(4)10-32-21-16(24)7-15(9-28-21)23(25,26)27/h5-7,9,14,18,29H,8,10H2,1-4H3. The number of carbonyl (C=O) groups excluding carboxylic acids is 1. The van der Waals surface area contributed by atoms with Crippen molar-refractivity contribution in [2.75, 3.05) is 5.75 Å². The van der Waals surface area contributed by atoms with Gasteiger partial charge in [0.05, 0.1) is 10.6 Å². The van der Waals surface area contributed by atoms with Gasteiger partial charge in [0.2, 0.25) is 0 Å². The van der Waals surface area contributed by atoms with E-state index in [1.165, 1.54) is 11.8 Å². The molecule has 9 heteroatoms. The van der Waals surface area contributed by atoms with Crippen molar-refractivity contribution in [3.05, 3.63) is 63.0 Å². The molecular weight excluding hydrogens is 463 g/mol. The first-order chi connectivity index (χ1) is 14.9. The number of pyridine rings is 1. The van der Waals surface area contributed by atoms with Crippen molar-refractivity contribution < 1.29 is 27.8 Å². The fraction of sp³-hybridized carbons (Fsp3) is 0.391. The van der Waals surface area contributed by atoms with E-state index in [1.54, 1.807) is 0 Å². The van der Waals surface area contributed by atoms with Crippen LogP contribution in [0.4, 0.5) is 13.2 Å². The molecule has 1 aromatic carbocycles. The normalized spacial score (nSPS) is 18.0. The van der Waals surface area contributed by atoms with Gasteiger partial charge in [-0.15, -0.1) is 11.8 Å². The minimum absolute atomic E-state index is 0.0242. The van der Waals surface area contributed by atoms with E-state index in [9.17, 15) is 23.1 Å². The lowest BCUT2D eigenvalue weighted by Gasteiger charge is -2.29. The molecule has 1 aromatic heterocycles. The Balaban J connectivity index is 1.73. The van der Waals surface area contributed by atoms with Crippen molar-refractivity contribution in [1.29, 1.82) is 0 Å². The minimum Gasteiger partial charge on any atom is -0.511 e. The molecule has 3 rings (SSSR count). The number of hydrogen-bond acceptors (Lipinski definition) is 5. The summed E-state index contributed by atoms with van der Waals surface area (Å²) in [6.45, 7) is 7.57. The minimum atomic E-state index is -4.51. The summed E-state index contributed by atoms with van der Waals surface area (Å²) in [7, 11) is 0. The molecule has 1 N–H and O–H groups in total. The fourth-order valence-electron chi connectivity index (χ4n) is 3.79. The average molecular weight is 486 g/mol. The lowest BCUT2D eigenvalue weighted by atomic mass is 9.89. The topological polar surface area (TPSA) is 59.4 Å². The van der Waals surface area contributed by atoms with Crippen LogP contribution in [0.5, 0.6) is 0 Å². The lowest BCUT2D eigenvalue weighted by Crippen LogP contribution is -2.32. The van der Waals surface area contributed by atoms with Gasteiger partial charge in [-0.3, -0.25) is 0 Å². The third-order valence-corrected chi connectivity index (χ3v) is 7.02. The molecule has 0 radical (unpaired) electrons. The number of cyclic esters (lactones) is 1. The second-order valence-electron chi connectivity index (χ2n) is 8.04. The summed E-state index contributed by atoms with van der Waals surface area (Å²) < 4.78 is 44.0. The maximum atomic E-state index is 12.8. The predicted molar refractivity (Wildman–Crippen MR) is 119 cm³/mol. The number of esters is 1. The van der Waals surface area contributed by atoms with E-state index in [2.05, 4.69) is 4.98 Å². The van der Waals surface area contributed by atoms with Crippen LogP contribution in [-0.4, -0.2) is 27.9 Å². The number of halogens is 4. The molecule has 1 aliphatic heterocycles.